The standard InChI is InChI=1S/C29H30N2O2/c1-2-21(17-22-9-7-11-24(19-22)32-28-15-5-3-13-26(28)30)18-23-10-8-12-25(20-23)33-29-16-6-4-14-27(29)31/h3-16,19-21H,2,17-18,30-31H2,1H3. The first-order valence-corrected chi connectivity index (χ1v) is 11.3. The molecule has 0 aliphatic rings. The van der Waals surface area contributed by atoms with Gasteiger partial charge in [0.05, 0.1) is 11.4 Å². The summed E-state index contributed by atoms with van der Waals surface area (Å²) in [5.41, 5.74) is 15.8. The van der Waals surface area contributed by atoms with E-state index < -0.39 is 0 Å². The second-order valence-corrected chi connectivity index (χ2v) is 8.26. The number of para-hydroxylation sites is 4. The van der Waals surface area contributed by atoms with Gasteiger partial charge in [0.2, 0.25) is 0 Å². The number of rotatable bonds is 9. The molecule has 4 heteroatoms. The molecule has 168 valence electrons. The van der Waals surface area contributed by atoms with E-state index in [0.29, 0.717) is 28.8 Å². The Morgan fingerprint density at radius 3 is 1.48 bits per heavy atom. The highest BCUT2D eigenvalue weighted by Crippen LogP contribution is 2.30. The summed E-state index contributed by atoms with van der Waals surface area (Å²) in [6.07, 6.45) is 3.01. The second kappa shape index (κ2) is 10.6. The third kappa shape index (κ3) is 6.07. The number of hydrogen-bond donors (Lipinski definition) is 2. The summed E-state index contributed by atoms with van der Waals surface area (Å²) in [5.74, 6) is 3.46. The topological polar surface area (TPSA) is 70.5 Å². The van der Waals surface area contributed by atoms with Crippen molar-refractivity contribution in [3.8, 4) is 23.0 Å². The van der Waals surface area contributed by atoms with Crippen LogP contribution in [0.3, 0.4) is 0 Å². The van der Waals surface area contributed by atoms with Crippen molar-refractivity contribution in [1.82, 2.24) is 0 Å². The predicted octanol–water partition coefficient (Wildman–Crippen LogP) is 7.25. The lowest BCUT2D eigenvalue weighted by atomic mass is 9.90. The first-order valence-electron chi connectivity index (χ1n) is 11.3. The zero-order valence-electron chi connectivity index (χ0n) is 18.9. The van der Waals surface area contributed by atoms with Gasteiger partial charge >= 0.3 is 0 Å². The van der Waals surface area contributed by atoms with Crippen LogP contribution in [0, 0.1) is 5.92 Å². The third-order valence-electron chi connectivity index (χ3n) is 5.72. The van der Waals surface area contributed by atoms with Crippen LogP contribution in [0.15, 0.2) is 97.1 Å². The summed E-state index contributed by atoms with van der Waals surface area (Å²) in [4.78, 5) is 0. The monoisotopic (exact) mass is 438 g/mol. The Kier molecular flexibility index (Phi) is 7.16. The summed E-state index contributed by atoms with van der Waals surface area (Å²) in [5, 5.41) is 0. The number of ether oxygens (including phenoxy) is 2. The maximum absolute atomic E-state index is 6.02. The molecule has 0 fully saturated rings. The van der Waals surface area contributed by atoms with E-state index in [-0.39, 0.29) is 0 Å². The van der Waals surface area contributed by atoms with Gasteiger partial charge in [0, 0.05) is 0 Å². The van der Waals surface area contributed by atoms with Gasteiger partial charge in [-0.15, -0.1) is 0 Å². The Hall–Kier alpha value is -3.92. The van der Waals surface area contributed by atoms with E-state index in [1.54, 1.807) is 0 Å². The third-order valence-corrected chi connectivity index (χ3v) is 5.72. The lowest BCUT2D eigenvalue weighted by molar-refractivity contribution is 0.475. The molecule has 0 spiro atoms. The molecule has 0 aliphatic carbocycles. The van der Waals surface area contributed by atoms with Gasteiger partial charge in [-0.2, -0.15) is 0 Å². The molecule has 0 aliphatic heterocycles. The Morgan fingerprint density at radius 1 is 0.606 bits per heavy atom. The van der Waals surface area contributed by atoms with Crippen molar-refractivity contribution < 1.29 is 9.47 Å². The van der Waals surface area contributed by atoms with Gasteiger partial charge < -0.3 is 20.9 Å². The second-order valence-electron chi connectivity index (χ2n) is 8.26. The van der Waals surface area contributed by atoms with Crippen LogP contribution in [0.1, 0.15) is 24.5 Å². The van der Waals surface area contributed by atoms with Crippen molar-refractivity contribution in [3.05, 3.63) is 108 Å². The van der Waals surface area contributed by atoms with Crippen molar-refractivity contribution in [2.24, 2.45) is 5.92 Å². The largest absolute Gasteiger partial charge is 0.455 e. The molecule has 0 unspecified atom stereocenters. The molecule has 0 saturated heterocycles. The van der Waals surface area contributed by atoms with Gasteiger partial charge in [0.25, 0.3) is 0 Å². The Labute approximate surface area is 195 Å². The van der Waals surface area contributed by atoms with Gasteiger partial charge in [0.15, 0.2) is 0 Å². The van der Waals surface area contributed by atoms with Crippen LogP contribution in [-0.4, -0.2) is 0 Å². The van der Waals surface area contributed by atoms with Crippen molar-refractivity contribution in [2.45, 2.75) is 26.2 Å². The van der Waals surface area contributed by atoms with Crippen LogP contribution in [0.4, 0.5) is 11.4 Å². The lowest BCUT2D eigenvalue weighted by Gasteiger charge is -2.17. The number of nitrogens with two attached hydrogens (primary N) is 2. The maximum atomic E-state index is 6.02. The van der Waals surface area contributed by atoms with Gasteiger partial charge in [0.1, 0.15) is 23.0 Å². The van der Waals surface area contributed by atoms with Gasteiger partial charge in [-0.3, -0.25) is 0 Å². The maximum Gasteiger partial charge on any atom is 0.150 e. The molecule has 0 heterocycles. The Balaban J connectivity index is 1.43. The van der Waals surface area contributed by atoms with E-state index in [1.165, 1.54) is 11.1 Å². The summed E-state index contributed by atoms with van der Waals surface area (Å²) >= 11 is 0. The smallest absolute Gasteiger partial charge is 0.150 e. The molecule has 0 radical (unpaired) electrons. The van der Waals surface area contributed by atoms with E-state index in [1.807, 2.05) is 72.8 Å². The molecule has 0 bridgehead atoms. The van der Waals surface area contributed by atoms with Crippen LogP contribution >= 0.6 is 0 Å². The van der Waals surface area contributed by atoms with E-state index in [4.69, 9.17) is 20.9 Å². The fourth-order valence-corrected chi connectivity index (χ4v) is 3.90. The zero-order valence-corrected chi connectivity index (χ0v) is 18.9. The average molecular weight is 439 g/mol. The van der Waals surface area contributed by atoms with E-state index in [0.717, 1.165) is 30.8 Å². The molecule has 0 saturated carbocycles. The van der Waals surface area contributed by atoms with Crippen LogP contribution < -0.4 is 20.9 Å². The van der Waals surface area contributed by atoms with Crippen molar-refractivity contribution in [1.29, 1.82) is 0 Å². The molecule has 0 amide bonds. The van der Waals surface area contributed by atoms with Crippen molar-refractivity contribution in [2.75, 3.05) is 11.5 Å². The molecule has 33 heavy (non-hydrogen) atoms. The molecule has 4 aromatic carbocycles. The van der Waals surface area contributed by atoms with Crippen LogP contribution in [-0.2, 0) is 12.8 Å². The summed E-state index contributed by atoms with van der Waals surface area (Å²) in [6.45, 7) is 2.24. The van der Waals surface area contributed by atoms with Crippen LogP contribution in [0.25, 0.3) is 0 Å². The fraction of sp³-hybridized carbons (Fsp3) is 0.172. The summed E-state index contributed by atoms with van der Waals surface area (Å²) < 4.78 is 12.0. The number of hydrogen-bond acceptors (Lipinski definition) is 4. The van der Waals surface area contributed by atoms with E-state index >= 15 is 0 Å². The summed E-state index contributed by atoms with van der Waals surface area (Å²) in [7, 11) is 0. The summed E-state index contributed by atoms with van der Waals surface area (Å²) in [6, 6.07) is 31.6. The van der Waals surface area contributed by atoms with E-state index in [2.05, 4.69) is 31.2 Å². The van der Waals surface area contributed by atoms with Gasteiger partial charge in [-0.05, 0) is 78.4 Å². The number of nitrogen functional groups attached to an aromatic ring is 2. The number of benzene rings is 4. The molecule has 4 rings (SSSR count). The molecule has 4 aromatic rings. The lowest BCUT2D eigenvalue weighted by Crippen LogP contribution is -2.07. The Morgan fingerprint density at radius 2 is 1.06 bits per heavy atom. The minimum atomic E-state index is 0.499. The molecule has 4 nitrogen and oxygen atoms in total. The minimum Gasteiger partial charge on any atom is -0.455 e. The van der Waals surface area contributed by atoms with Crippen molar-refractivity contribution in [3.63, 3.8) is 0 Å². The quantitative estimate of drug-likeness (QED) is 0.270. The minimum absolute atomic E-state index is 0.499. The van der Waals surface area contributed by atoms with Gasteiger partial charge in [-0.25, -0.2) is 0 Å². The fourth-order valence-electron chi connectivity index (χ4n) is 3.90. The van der Waals surface area contributed by atoms with E-state index in [9.17, 15) is 0 Å². The highest BCUT2D eigenvalue weighted by atomic mass is 16.5. The SMILES string of the molecule is CCC(Cc1cccc(Oc2ccccc2N)c1)Cc1cccc(Oc2ccccc2N)c1. The number of anilines is 2. The van der Waals surface area contributed by atoms with Crippen LogP contribution in [0.2, 0.25) is 0 Å². The highest BCUT2D eigenvalue weighted by molar-refractivity contribution is 5.54. The average Bonchev–Trinajstić information content (AvgIpc) is 2.82. The Bertz CT molecular complexity index is 1110. The highest BCUT2D eigenvalue weighted by Gasteiger charge is 2.11. The zero-order chi connectivity index (χ0) is 23.0. The first-order chi connectivity index (χ1) is 16.1. The van der Waals surface area contributed by atoms with Crippen LogP contribution in [0.5, 0.6) is 23.0 Å². The molecule has 0 atom stereocenters. The predicted molar refractivity (Wildman–Crippen MR) is 136 cm³/mol. The van der Waals surface area contributed by atoms with Gasteiger partial charge in [-0.1, -0.05) is 61.9 Å². The first kappa shape index (κ1) is 22.3. The molecule has 4 N–H and O–H groups in total. The molecular formula is C29H30N2O2. The normalized spacial score (nSPS) is 10.8. The van der Waals surface area contributed by atoms with Crippen molar-refractivity contribution >= 4 is 11.4 Å². The molecule has 0 aromatic heterocycles. The molecular weight excluding hydrogens is 408 g/mol.